The van der Waals surface area contributed by atoms with Gasteiger partial charge in [0.25, 0.3) is 5.91 Å². The Morgan fingerprint density at radius 2 is 1.94 bits per heavy atom. The van der Waals surface area contributed by atoms with E-state index in [9.17, 15) is 4.79 Å². The number of benzene rings is 1. The van der Waals surface area contributed by atoms with Crippen LogP contribution < -0.4 is 5.32 Å². The molecule has 1 aliphatic rings. The number of hydrogen-bond donors (Lipinski definition) is 1. The Bertz CT molecular complexity index is 1370. The Morgan fingerprint density at radius 1 is 1.11 bits per heavy atom. The Hall–Kier alpha value is -3.01. The third-order valence-corrected chi connectivity index (χ3v) is 8.44. The van der Waals surface area contributed by atoms with Gasteiger partial charge in [-0.1, -0.05) is 18.2 Å². The fourth-order valence-electron chi connectivity index (χ4n) is 4.01. The molecule has 0 radical (unpaired) electrons. The lowest BCUT2D eigenvalue weighted by atomic mass is 9.99. The van der Waals surface area contributed by atoms with Crippen LogP contribution >= 0.6 is 34.4 Å². The Morgan fingerprint density at radius 3 is 2.57 bits per heavy atom. The molecule has 5 rings (SSSR count). The molecule has 0 aliphatic carbocycles. The molecule has 0 saturated carbocycles. The molecule has 0 unspecified atom stereocenters. The summed E-state index contributed by atoms with van der Waals surface area (Å²) in [5, 5.41) is 7.06. The first-order valence-electron chi connectivity index (χ1n) is 11.3. The summed E-state index contributed by atoms with van der Waals surface area (Å²) < 4.78 is 0. The van der Waals surface area contributed by atoms with E-state index in [1.54, 1.807) is 29.3 Å². The van der Waals surface area contributed by atoms with Gasteiger partial charge in [-0.2, -0.15) is 0 Å². The van der Waals surface area contributed by atoms with Crippen molar-refractivity contribution in [3.05, 3.63) is 75.9 Å². The number of amides is 1. The van der Waals surface area contributed by atoms with Crippen LogP contribution in [-0.2, 0) is 0 Å². The van der Waals surface area contributed by atoms with Gasteiger partial charge in [0, 0.05) is 29.6 Å². The number of rotatable bonds is 6. The van der Waals surface area contributed by atoms with Crippen LogP contribution in [0.4, 0.5) is 10.9 Å². The molecule has 0 spiro atoms. The maximum absolute atomic E-state index is 13.0. The van der Waals surface area contributed by atoms with Gasteiger partial charge in [-0.05, 0) is 61.9 Å². The highest BCUT2D eigenvalue weighted by Gasteiger charge is 2.20. The summed E-state index contributed by atoms with van der Waals surface area (Å²) in [5.74, 6) is 0.666. The fourth-order valence-corrected chi connectivity index (χ4v) is 6.08. The molecular weight excluding hydrogens is 495 g/mol. The van der Waals surface area contributed by atoms with Crippen molar-refractivity contribution in [1.82, 2.24) is 19.9 Å². The summed E-state index contributed by atoms with van der Waals surface area (Å²) in [6.07, 6.45) is 6.72. The molecule has 1 amide bonds. The van der Waals surface area contributed by atoms with Crippen LogP contribution in [0.3, 0.4) is 0 Å². The second-order valence-corrected chi connectivity index (χ2v) is 11.1. The van der Waals surface area contributed by atoms with Crippen LogP contribution in [0, 0.1) is 13.8 Å². The van der Waals surface area contributed by atoms with Crippen LogP contribution in [0.1, 0.15) is 33.0 Å². The number of nitrogens with one attached hydrogen (secondary N) is 1. The van der Waals surface area contributed by atoms with Gasteiger partial charge in [-0.25, -0.2) is 15.0 Å². The minimum absolute atomic E-state index is 0.00431. The lowest BCUT2D eigenvalue weighted by Crippen LogP contribution is -2.34. The molecule has 4 aromatic rings. The molecule has 35 heavy (non-hydrogen) atoms. The number of aromatic nitrogens is 3. The predicted octanol–water partition coefficient (Wildman–Crippen LogP) is 6.67. The second kappa shape index (κ2) is 10.3. The summed E-state index contributed by atoms with van der Waals surface area (Å²) >= 11 is 4.91. The zero-order valence-electron chi connectivity index (χ0n) is 19.7. The third kappa shape index (κ3) is 5.32. The van der Waals surface area contributed by atoms with E-state index < -0.39 is 0 Å². The lowest BCUT2D eigenvalue weighted by Gasteiger charge is -2.26. The lowest BCUT2D eigenvalue weighted by molar-refractivity contribution is 0.0772. The number of aryl methyl sites for hydroxylation is 2. The van der Waals surface area contributed by atoms with E-state index in [2.05, 4.69) is 56.9 Å². The van der Waals surface area contributed by atoms with Crippen molar-refractivity contribution < 1.29 is 4.79 Å². The van der Waals surface area contributed by atoms with Gasteiger partial charge in [0.15, 0.2) is 5.13 Å². The van der Waals surface area contributed by atoms with Crippen molar-refractivity contribution in [2.45, 2.75) is 25.2 Å². The van der Waals surface area contributed by atoms with E-state index in [-0.39, 0.29) is 5.91 Å². The first-order valence-corrected chi connectivity index (χ1v) is 14.2. The molecule has 0 bridgehead atoms. The molecule has 1 aliphatic heterocycles. The number of thioether (sulfide) groups is 1. The van der Waals surface area contributed by atoms with E-state index >= 15 is 0 Å². The summed E-state index contributed by atoms with van der Waals surface area (Å²) in [6.45, 7) is 5.32. The van der Waals surface area contributed by atoms with Crippen molar-refractivity contribution >= 4 is 56.9 Å². The highest BCUT2D eigenvalue weighted by atomic mass is 32.2. The average Bonchev–Trinajstić information content (AvgIpc) is 3.49. The number of thiazole rings is 2. The Labute approximate surface area is 217 Å². The monoisotopic (exact) mass is 519 g/mol. The minimum atomic E-state index is 0.00431. The average molecular weight is 520 g/mol. The van der Waals surface area contributed by atoms with E-state index in [1.165, 1.54) is 27.4 Å². The molecule has 178 valence electrons. The standard InChI is InChI=1S/C26H25N5OS3/c1-16-24(35-17(2)28-16)22-15-34-26(29-22)30-23-9-6-20(14-27-23)25(32)31-12-10-19(11-13-31)18-4-7-21(33-3)8-5-18/h4-10,14-15H,11-13H2,1-3H3,(H,27,29,30). The maximum Gasteiger partial charge on any atom is 0.255 e. The van der Waals surface area contributed by atoms with Crippen LogP contribution in [0.5, 0.6) is 0 Å². The Kier molecular flexibility index (Phi) is 6.99. The minimum Gasteiger partial charge on any atom is -0.335 e. The normalized spacial score (nSPS) is 13.6. The van der Waals surface area contributed by atoms with Crippen molar-refractivity contribution in [2.75, 3.05) is 24.7 Å². The molecule has 9 heteroatoms. The number of carbonyl (C=O) groups excluding carboxylic acids is 1. The molecule has 0 saturated heterocycles. The van der Waals surface area contributed by atoms with Crippen molar-refractivity contribution in [3.8, 4) is 10.6 Å². The van der Waals surface area contributed by atoms with E-state index in [0.717, 1.165) is 32.8 Å². The van der Waals surface area contributed by atoms with Crippen LogP contribution in [0.15, 0.2) is 58.9 Å². The van der Waals surface area contributed by atoms with Gasteiger partial charge >= 0.3 is 0 Å². The summed E-state index contributed by atoms with van der Waals surface area (Å²) in [7, 11) is 0. The van der Waals surface area contributed by atoms with Gasteiger partial charge in [0.1, 0.15) is 5.82 Å². The smallest absolute Gasteiger partial charge is 0.255 e. The van der Waals surface area contributed by atoms with Crippen molar-refractivity contribution in [3.63, 3.8) is 0 Å². The zero-order valence-corrected chi connectivity index (χ0v) is 22.2. The molecule has 4 heterocycles. The fraction of sp³-hybridized carbons (Fsp3) is 0.231. The second-order valence-electron chi connectivity index (χ2n) is 8.20. The maximum atomic E-state index is 13.0. The topological polar surface area (TPSA) is 71.0 Å². The van der Waals surface area contributed by atoms with Gasteiger partial charge in [-0.15, -0.1) is 34.4 Å². The van der Waals surface area contributed by atoms with Gasteiger partial charge in [0.2, 0.25) is 0 Å². The predicted molar refractivity (Wildman–Crippen MR) is 147 cm³/mol. The number of anilines is 2. The zero-order chi connectivity index (χ0) is 24.4. The highest BCUT2D eigenvalue weighted by Crippen LogP contribution is 2.33. The number of nitrogens with zero attached hydrogens (tertiary/aromatic N) is 4. The number of pyridine rings is 1. The quantitative estimate of drug-likeness (QED) is 0.287. The SMILES string of the molecule is CSc1ccc(C2=CCN(C(=O)c3ccc(Nc4nc(-c5sc(C)nc5C)cs4)nc3)CC2)cc1. The van der Waals surface area contributed by atoms with E-state index in [0.29, 0.717) is 24.5 Å². The number of carbonyl (C=O) groups is 1. The van der Waals surface area contributed by atoms with Crippen LogP contribution in [0.2, 0.25) is 0 Å². The molecule has 6 nitrogen and oxygen atoms in total. The van der Waals surface area contributed by atoms with E-state index in [1.807, 2.05) is 36.3 Å². The van der Waals surface area contributed by atoms with E-state index in [4.69, 9.17) is 0 Å². The summed E-state index contributed by atoms with van der Waals surface area (Å²) in [5.41, 5.74) is 5.04. The van der Waals surface area contributed by atoms with Gasteiger partial charge < -0.3 is 10.2 Å². The molecule has 0 atom stereocenters. The first kappa shape index (κ1) is 23.7. The van der Waals surface area contributed by atoms with Crippen LogP contribution in [-0.4, -0.2) is 45.1 Å². The molecule has 3 aromatic heterocycles. The van der Waals surface area contributed by atoms with Crippen LogP contribution in [0.25, 0.3) is 16.1 Å². The molecule has 1 aromatic carbocycles. The largest absolute Gasteiger partial charge is 0.335 e. The Balaban J connectivity index is 1.21. The summed E-state index contributed by atoms with van der Waals surface area (Å²) in [6, 6.07) is 12.3. The van der Waals surface area contributed by atoms with Crippen molar-refractivity contribution in [2.24, 2.45) is 0 Å². The highest BCUT2D eigenvalue weighted by molar-refractivity contribution is 7.98. The summed E-state index contributed by atoms with van der Waals surface area (Å²) in [4.78, 5) is 30.8. The van der Waals surface area contributed by atoms with Crippen molar-refractivity contribution in [1.29, 1.82) is 0 Å². The molecular formula is C26H25N5OS3. The third-order valence-electron chi connectivity index (χ3n) is 5.84. The molecule has 0 fully saturated rings. The number of hydrogen-bond acceptors (Lipinski definition) is 8. The molecule has 1 N–H and O–H groups in total. The first-order chi connectivity index (χ1) is 17.0. The van der Waals surface area contributed by atoms with Gasteiger partial charge in [-0.3, -0.25) is 4.79 Å². The van der Waals surface area contributed by atoms with Gasteiger partial charge in [0.05, 0.1) is 26.8 Å².